The first-order valence-electron chi connectivity index (χ1n) is 8.47. The largest absolute Gasteiger partial charge is 0.313 e. The van der Waals surface area contributed by atoms with Crippen molar-refractivity contribution in [1.82, 2.24) is 5.32 Å². The van der Waals surface area contributed by atoms with Crippen molar-refractivity contribution in [2.45, 2.75) is 64.3 Å². The Balaban J connectivity index is 1.57. The van der Waals surface area contributed by atoms with Crippen LogP contribution in [0.1, 0.15) is 58.3 Å². The van der Waals surface area contributed by atoms with Crippen LogP contribution >= 0.6 is 0 Å². The summed E-state index contributed by atoms with van der Waals surface area (Å²) in [4.78, 5) is 0. The Morgan fingerprint density at radius 1 is 1.20 bits per heavy atom. The highest BCUT2D eigenvalue weighted by molar-refractivity contribution is 7.91. The van der Waals surface area contributed by atoms with E-state index in [2.05, 4.69) is 5.32 Å². The van der Waals surface area contributed by atoms with Crippen molar-refractivity contribution in [2.75, 3.05) is 18.1 Å². The van der Waals surface area contributed by atoms with Crippen LogP contribution in [0.15, 0.2) is 0 Å². The summed E-state index contributed by atoms with van der Waals surface area (Å²) < 4.78 is 23.4. The van der Waals surface area contributed by atoms with Gasteiger partial charge in [-0.2, -0.15) is 0 Å². The van der Waals surface area contributed by atoms with Gasteiger partial charge in [0.05, 0.1) is 5.75 Å². The Hall–Kier alpha value is -0.0900. The molecule has 20 heavy (non-hydrogen) atoms. The fourth-order valence-electron chi connectivity index (χ4n) is 4.59. The molecular weight excluding hydrogens is 270 g/mol. The normalized spacial score (nSPS) is 36.6. The first kappa shape index (κ1) is 14.8. The third-order valence-corrected chi connectivity index (χ3v) is 7.78. The molecule has 0 spiro atoms. The van der Waals surface area contributed by atoms with Crippen LogP contribution in [0.2, 0.25) is 0 Å². The van der Waals surface area contributed by atoms with Gasteiger partial charge in [-0.15, -0.1) is 0 Å². The van der Waals surface area contributed by atoms with Crippen LogP contribution in [-0.2, 0) is 9.84 Å². The fourth-order valence-corrected chi connectivity index (χ4v) is 5.47. The molecule has 0 aliphatic heterocycles. The van der Waals surface area contributed by atoms with E-state index in [9.17, 15) is 8.42 Å². The summed E-state index contributed by atoms with van der Waals surface area (Å²) in [7, 11) is -2.79. The summed E-state index contributed by atoms with van der Waals surface area (Å²) in [5.41, 5.74) is 0.425. The van der Waals surface area contributed by atoms with Crippen molar-refractivity contribution in [2.24, 2.45) is 17.3 Å². The molecule has 3 saturated carbocycles. The molecular formula is C16H29NO2S. The molecule has 3 rings (SSSR count). The van der Waals surface area contributed by atoms with E-state index in [-0.39, 0.29) is 0 Å². The average Bonchev–Trinajstić information content (AvgIpc) is 3.05. The van der Waals surface area contributed by atoms with Crippen molar-refractivity contribution in [1.29, 1.82) is 0 Å². The van der Waals surface area contributed by atoms with E-state index in [1.807, 2.05) is 0 Å². The van der Waals surface area contributed by atoms with Crippen molar-refractivity contribution in [3.8, 4) is 0 Å². The second-order valence-corrected chi connectivity index (χ2v) is 9.91. The van der Waals surface area contributed by atoms with Gasteiger partial charge in [0, 0.05) is 18.3 Å². The molecule has 0 heterocycles. The second kappa shape index (κ2) is 5.60. The molecule has 3 aliphatic carbocycles. The van der Waals surface area contributed by atoms with Crippen molar-refractivity contribution in [3.05, 3.63) is 0 Å². The van der Waals surface area contributed by atoms with Gasteiger partial charge in [0.25, 0.3) is 0 Å². The lowest BCUT2D eigenvalue weighted by molar-refractivity contribution is 0.141. The predicted molar refractivity (Wildman–Crippen MR) is 82.5 cm³/mol. The second-order valence-electron chi connectivity index (χ2n) is 7.44. The maximum absolute atomic E-state index is 11.7. The molecule has 3 unspecified atom stereocenters. The summed E-state index contributed by atoms with van der Waals surface area (Å²) >= 11 is 0. The minimum atomic E-state index is -2.79. The Labute approximate surface area is 123 Å². The third-order valence-electron chi connectivity index (χ3n) is 5.99. The van der Waals surface area contributed by atoms with E-state index in [0.717, 1.165) is 37.3 Å². The summed E-state index contributed by atoms with van der Waals surface area (Å²) in [6.07, 6.45) is 10.2. The van der Waals surface area contributed by atoms with Gasteiger partial charge in [-0.25, -0.2) is 8.42 Å². The lowest BCUT2D eigenvalue weighted by atomic mass is 9.70. The Morgan fingerprint density at radius 2 is 2.00 bits per heavy atom. The maximum Gasteiger partial charge on any atom is 0.150 e. The van der Waals surface area contributed by atoms with Gasteiger partial charge in [0.2, 0.25) is 0 Å². The highest BCUT2D eigenvalue weighted by Crippen LogP contribution is 2.57. The molecule has 4 heteroatoms. The predicted octanol–water partition coefficient (Wildman–Crippen LogP) is 2.76. The number of sulfone groups is 1. The number of rotatable bonds is 8. The number of hydrogen-bond donors (Lipinski definition) is 1. The van der Waals surface area contributed by atoms with Crippen LogP contribution in [0.4, 0.5) is 0 Å². The molecule has 2 bridgehead atoms. The number of fused-ring (bicyclic) bond motifs is 2. The monoisotopic (exact) mass is 299 g/mol. The highest BCUT2D eigenvalue weighted by Gasteiger charge is 2.50. The smallest absolute Gasteiger partial charge is 0.150 e. The Morgan fingerprint density at radius 3 is 2.55 bits per heavy atom. The van der Waals surface area contributed by atoms with Crippen LogP contribution in [0.25, 0.3) is 0 Å². The first-order valence-corrected chi connectivity index (χ1v) is 10.3. The van der Waals surface area contributed by atoms with Crippen molar-refractivity contribution in [3.63, 3.8) is 0 Å². The average molecular weight is 299 g/mol. The zero-order valence-corrected chi connectivity index (χ0v) is 13.6. The van der Waals surface area contributed by atoms with Gasteiger partial charge in [-0.05, 0) is 62.2 Å². The van der Waals surface area contributed by atoms with Gasteiger partial charge < -0.3 is 5.32 Å². The molecule has 3 fully saturated rings. The highest BCUT2D eigenvalue weighted by atomic mass is 32.2. The van der Waals surface area contributed by atoms with Crippen molar-refractivity contribution < 1.29 is 8.42 Å². The van der Waals surface area contributed by atoms with E-state index in [1.54, 1.807) is 6.92 Å². The van der Waals surface area contributed by atoms with Crippen LogP contribution in [0, 0.1) is 17.3 Å². The Kier molecular flexibility index (Phi) is 4.15. The molecule has 3 nitrogen and oxygen atoms in total. The standard InChI is InChI=1S/C16H29NO2S/c1-2-20(18,19)9-3-8-16(12-17-15-6-7-15)11-13-4-5-14(16)10-13/h13-15,17H,2-12H2,1H3. The third kappa shape index (κ3) is 3.22. The van der Waals surface area contributed by atoms with E-state index >= 15 is 0 Å². The molecule has 116 valence electrons. The van der Waals surface area contributed by atoms with E-state index in [1.165, 1.54) is 38.5 Å². The minimum absolute atomic E-state index is 0.298. The molecule has 0 aromatic heterocycles. The van der Waals surface area contributed by atoms with Crippen LogP contribution in [-0.4, -0.2) is 32.5 Å². The molecule has 0 saturated heterocycles. The van der Waals surface area contributed by atoms with E-state index in [0.29, 0.717) is 16.9 Å². The molecule has 0 aromatic rings. The maximum atomic E-state index is 11.7. The van der Waals surface area contributed by atoms with Gasteiger partial charge in [-0.3, -0.25) is 0 Å². The zero-order valence-electron chi connectivity index (χ0n) is 12.7. The molecule has 0 radical (unpaired) electrons. The fraction of sp³-hybridized carbons (Fsp3) is 1.00. The van der Waals surface area contributed by atoms with Gasteiger partial charge in [0.1, 0.15) is 9.84 Å². The molecule has 0 amide bonds. The molecule has 3 aliphatic rings. The molecule has 1 N–H and O–H groups in total. The molecule has 0 aromatic carbocycles. The zero-order chi connectivity index (χ0) is 14.2. The summed E-state index contributed by atoms with van der Waals surface area (Å²) in [6, 6.07) is 0.769. The lowest BCUT2D eigenvalue weighted by Crippen LogP contribution is -2.40. The lowest BCUT2D eigenvalue weighted by Gasteiger charge is -2.38. The van der Waals surface area contributed by atoms with Crippen LogP contribution < -0.4 is 5.32 Å². The van der Waals surface area contributed by atoms with Gasteiger partial charge >= 0.3 is 0 Å². The van der Waals surface area contributed by atoms with Crippen LogP contribution in [0.5, 0.6) is 0 Å². The van der Waals surface area contributed by atoms with Gasteiger partial charge in [0.15, 0.2) is 0 Å². The van der Waals surface area contributed by atoms with Gasteiger partial charge in [-0.1, -0.05) is 13.3 Å². The minimum Gasteiger partial charge on any atom is -0.313 e. The summed E-state index contributed by atoms with van der Waals surface area (Å²) in [5.74, 6) is 2.49. The number of nitrogens with one attached hydrogen (secondary N) is 1. The van der Waals surface area contributed by atoms with Crippen molar-refractivity contribution >= 4 is 9.84 Å². The number of hydrogen-bond acceptors (Lipinski definition) is 3. The summed E-state index contributed by atoms with van der Waals surface area (Å²) in [6.45, 7) is 2.91. The van der Waals surface area contributed by atoms with E-state index in [4.69, 9.17) is 0 Å². The SMILES string of the molecule is CCS(=O)(=O)CCCC1(CNC2CC2)CC2CCC1C2. The first-order chi connectivity index (χ1) is 9.53. The Bertz CT molecular complexity index is 443. The van der Waals surface area contributed by atoms with Crippen LogP contribution in [0.3, 0.4) is 0 Å². The van der Waals surface area contributed by atoms with E-state index < -0.39 is 9.84 Å². The topological polar surface area (TPSA) is 46.2 Å². The summed E-state index contributed by atoms with van der Waals surface area (Å²) in [5, 5.41) is 3.74. The molecule has 3 atom stereocenters. The quantitative estimate of drug-likeness (QED) is 0.749.